The van der Waals surface area contributed by atoms with Crippen LogP contribution in [0.5, 0.6) is 0 Å². The van der Waals surface area contributed by atoms with Gasteiger partial charge in [-0.2, -0.15) is 0 Å². The smallest absolute Gasteiger partial charge is 0.410 e. The Morgan fingerprint density at radius 1 is 1.12 bits per heavy atom. The van der Waals surface area contributed by atoms with Gasteiger partial charge in [-0.3, -0.25) is 0 Å². The number of anilines is 4. The molecule has 13 heteroatoms. The maximum absolute atomic E-state index is 12.5. The number of carbonyl (C=O) groups excluding carboxylic acids is 1. The van der Waals surface area contributed by atoms with Crippen LogP contribution in [0.3, 0.4) is 0 Å². The van der Waals surface area contributed by atoms with E-state index in [1.165, 1.54) is 22.7 Å². The maximum Gasteiger partial charge on any atom is 0.410 e. The largest absolute Gasteiger partial charge is 0.476 e. The Kier molecular flexibility index (Phi) is 7.60. The van der Waals surface area contributed by atoms with Crippen molar-refractivity contribution in [1.29, 1.82) is 0 Å². The highest BCUT2D eigenvalue weighted by molar-refractivity contribution is 7.22. The second kappa shape index (κ2) is 11.0. The van der Waals surface area contributed by atoms with Crippen molar-refractivity contribution in [3.63, 3.8) is 0 Å². The number of nitrogens with one attached hydrogen (secondary N) is 1. The van der Waals surface area contributed by atoms with E-state index in [0.717, 1.165) is 20.9 Å². The minimum absolute atomic E-state index is 0.0161. The molecule has 0 atom stereocenters. The van der Waals surface area contributed by atoms with Gasteiger partial charge in [0.25, 0.3) is 0 Å². The van der Waals surface area contributed by atoms with E-state index >= 15 is 0 Å². The summed E-state index contributed by atoms with van der Waals surface area (Å²) in [4.78, 5) is 37.7. The third-order valence-electron chi connectivity index (χ3n) is 6.48. The summed E-state index contributed by atoms with van der Waals surface area (Å²) in [6.45, 7) is 8.43. The van der Waals surface area contributed by atoms with Crippen molar-refractivity contribution in [3.8, 4) is 0 Å². The van der Waals surface area contributed by atoms with Crippen LogP contribution in [0.25, 0.3) is 10.2 Å². The summed E-state index contributed by atoms with van der Waals surface area (Å²) in [6.07, 6.45) is 0.926. The van der Waals surface area contributed by atoms with Crippen LogP contribution in [0.1, 0.15) is 60.5 Å². The predicted octanol–water partition coefficient (Wildman–Crippen LogP) is 6.18. The maximum atomic E-state index is 12.5. The predicted molar refractivity (Wildman–Crippen MR) is 157 cm³/mol. The zero-order valence-corrected chi connectivity index (χ0v) is 24.6. The highest BCUT2D eigenvalue weighted by atomic mass is 32.1. The van der Waals surface area contributed by atoms with Crippen LogP contribution in [-0.4, -0.2) is 68.0 Å². The van der Waals surface area contributed by atoms with Gasteiger partial charge in [0.05, 0.1) is 10.2 Å². The van der Waals surface area contributed by atoms with Gasteiger partial charge in [0.15, 0.2) is 27.6 Å². The Morgan fingerprint density at radius 2 is 1.85 bits per heavy atom. The molecule has 0 spiro atoms. The monoisotopic (exact) mass is 581 g/mol. The molecule has 5 rings (SSSR count). The first-order valence-electron chi connectivity index (χ1n) is 12.9. The number of aromatic nitrogens is 4. The topological polar surface area (TPSA) is 134 Å². The lowest BCUT2D eigenvalue weighted by Crippen LogP contribution is -2.41. The molecular weight excluding hydrogens is 550 g/mol. The van der Waals surface area contributed by atoms with E-state index < -0.39 is 11.6 Å². The Morgan fingerprint density at radius 3 is 2.50 bits per heavy atom. The zero-order chi connectivity index (χ0) is 28.6. The van der Waals surface area contributed by atoms with Crippen LogP contribution in [0.2, 0.25) is 0 Å². The fourth-order valence-corrected chi connectivity index (χ4v) is 6.49. The van der Waals surface area contributed by atoms with Gasteiger partial charge in [-0.1, -0.05) is 23.5 Å². The number of fused-ring (bicyclic) bond motifs is 1. The van der Waals surface area contributed by atoms with Crippen molar-refractivity contribution in [3.05, 3.63) is 46.5 Å². The second-order valence-corrected chi connectivity index (χ2v) is 12.7. The number of amides is 1. The quantitative estimate of drug-likeness (QED) is 0.272. The molecule has 1 aromatic carbocycles. The molecular formula is C27H31N7O4S2. The Labute approximate surface area is 239 Å². The van der Waals surface area contributed by atoms with Crippen molar-refractivity contribution < 1.29 is 19.4 Å². The van der Waals surface area contributed by atoms with E-state index in [1.54, 1.807) is 16.8 Å². The lowest BCUT2D eigenvalue weighted by molar-refractivity contribution is 0.0204. The third kappa shape index (κ3) is 5.99. The molecule has 0 unspecified atom stereocenters. The second-order valence-electron chi connectivity index (χ2n) is 10.7. The Balaban J connectivity index is 1.30. The number of thiazole rings is 2. The number of carboxylic acids is 1. The summed E-state index contributed by atoms with van der Waals surface area (Å²) in [5.74, 6) is 0.0547. The van der Waals surface area contributed by atoms with Crippen molar-refractivity contribution in [2.45, 2.75) is 52.1 Å². The summed E-state index contributed by atoms with van der Waals surface area (Å²) in [5, 5.41) is 23.1. The molecule has 3 aromatic heterocycles. The van der Waals surface area contributed by atoms with E-state index in [2.05, 4.69) is 25.5 Å². The molecule has 1 amide bonds. The van der Waals surface area contributed by atoms with Gasteiger partial charge in [-0.05, 0) is 70.2 Å². The van der Waals surface area contributed by atoms with E-state index in [0.29, 0.717) is 47.6 Å². The average molecular weight is 582 g/mol. The van der Waals surface area contributed by atoms with Gasteiger partial charge in [-0.15, -0.1) is 21.5 Å². The number of aryl methyl sites for hydroxylation is 1. The highest BCUT2D eigenvalue weighted by Gasteiger charge is 2.32. The van der Waals surface area contributed by atoms with Gasteiger partial charge in [0.1, 0.15) is 5.60 Å². The molecule has 1 aliphatic rings. The lowest BCUT2D eigenvalue weighted by atomic mass is 9.94. The number of aromatic carboxylic acids is 1. The molecule has 0 radical (unpaired) electrons. The number of likely N-dealkylation sites (tertiary alicyclic amines) is 1. The zero-order valence-electron chi connectivity index (χ0n) is 23.0. The van der Waals surface area contributed by atoms with Crippen LogP contribution in [0.15, 0.2) is 30.3 Å². The van der Waals surface area contributed by atoms with Crippen LogP contribution >= 0.6 is 22.7 Å². The van der Waals surface area contributed by atoms with Gasteiger partial charge in [0.2, 0.25) is 0 Å². The van der Waals surface area contributed by atoms with Gasteiger partial charge < -0.3 is 25.0 Å². The Bertz CT molecular complexity index is 1520. The number of piperidine rings is 1. The van der Waals surface area contributed by atoms with Gasteiger partial charge >= 0.3 is 12.1 Å². The molecule has 2 N–H and O–H groups in total. The number of para-hydroxylation sites is 1. The molecule has 40 heavy (non-hydrogen) atoms. The number of ether oxygens (including phenoxy) is 1. The summed E-state index contributed by atoms with van der Waals surface area (Å²) in [6, 6.07) is 9.79. The van der Waals surface area contributed by atoms with Crippen LogP contribution in [0, 0.1) is 6.92 Å². The van der Waals surface area contributed by atoms with Crippen LogP contribution in [0.4, 0.5) is 26.7 Å². The van der Waals surface area contributed by atoms with Crippen LogP contribution in [-0.2, 0) is 4.74 Å². The molecule has 0 bridgehead atoms. The molecule has 11 nitrogen and oxygen atoms in total. The number of hydrogen-bond acceptors (Lipinski definition) is 11. The van der Waals surface area contributed by atoms with Crippen molar-refractivity contribution in [2.24, 2.45) is 0 Å². The minimum atomic E-state index is -1.07. The number of carbonyl (C=O) groups is 2. The van der Waals surface area contributed by atoms with Crippen molar-refractivity contribution in [1.82, 2.24) is 25.1 Å². The third-order valence-corrected chi connectivity index (χ3v) is 8.73. The summed E-state index contributed by atoms with van der Waals surface area (Å²) in [7, 11) is 1.80. The fraction of sp³-hybridized carbons (Fsp3) is 0.407. The van der Waals surface area contributed by atoms with E-state index in [9.17, 15) is 14.7 Å². The number of carboxylic acid groups (broad SMARTS) is 1. The molecule has 4 heterocycles. The van der Waals surface area contributed by atoms with Crippen molar-refractivity contribution in [2.75, 3.05) is 30.4 Å². The first kappa shape index (κ1) is 27.7. The van der Waals surface area contributed by atoms with Gasteiger partial charge in [-0.25, -0.2) is 19.6 Å². The van der Waals surface area contributed by atoms with Crippen molar-refractivity contribution >= 4 is 66.9 Å². The first-order valence-corrected chi connectivity index (χ1v) is 14.5. The summed E-state index contributed by atoms with van der Waals surface area (Å²) in [5.41, 5.74) is 1.26. The lowest BCUT2D eigenvalue weighted by Gasteiger charge is -2.33. The molecule has 1 aliphatic heterocycles. The summed E-state index contributed by atoms with van der Waals surface area (Å²) >= 11 is 2.88. The fourth-order valence-electron chi connectivity index (χ4n) is 4.43. The normalized spacial score (nSPS) is 14.4. The minimum Gasteiger partial charge on any atom is -0.476 e. The molecule has 1 saturated heterocycles. The number of rotatable bonds is 6. The molecule has 1 fully saturated rings. The van der Waals surface area contributed by atoms with Gasteiger partial charge in [0, 0.05) is 25.0 Å². The number of nitrogens with zero attached hydrogens (tertiary/aromatic N) is 6. The molecule has 210 valence electrons. The average Bonchev–Trinajstić information content (AvgIpc) is 3.53. The highest BCUT2D eigenvalue weighted by Crippen LogP contribution is 2.39. The summed E-state index contributed by atoms with van der Waals surface area (Å²) < 4.78 is 6.57. The standard InChI is InChI=1S/C27H31N7O4S2/c1-15-14-19(31-32-22(15)30-24-28-17-8-6-7-9-18(17)39-24)33(5)25-29-20(23(35)36)21(40-25)16-10-12-34(13-11-16)26(37)38-27(2,3)4/h6-9,14,16H,10-13H2,1-5H3,(H,35,36)(H,28,30,32). The van der Waals surface area contributed by atoms with E-state index in [4.69, 9.17) is 4.74 Å². The molecule has 0 aliphatic carbocycles. The van der Waals surface area contributed by atoms with Crippen LogP contribution < -0.4 is 10.2 Å². The number of hydrogen-bond donors (Lipinski definition) is 2. The first-order chi connectivity index (χ1) is 19.0. The number of benzene rings is 1. The Hall–Kier alpha value is -3.84. The van der Waals surface area contributed by atoms with E-state index in [-0.39, 0.29) is 17.7 Å². The molecule has 4 aromatic rings. The molecule has 0 saturated carbocycles. The van der Waals surface area contributed by atoms with E-state index in [1.807, 2.05) is 58.0 Å². The SMILES string of the molecule is Cc1cc(N(C)c2nc(C(=O)O)c(C3CCN(C(=O)OC(C)(C)C)CC3)s2)nnc1Nc1nc2ccccc2s1.